The number of Topliss-reactive ketones (excluding diaryl/α,β-unsaturated/α-hetero) is 1. The van der Waals surface area contributed by atoms with E-state index in [2.05, 4.69) is 13.8 Å². The van der Waals surface area contributed by atoms with Gasteiger partial charge in [-0.2, -0.15) is 0 Å². The number of rotatable bonds is 2. The molecule has 0 bridgehead atoms. The summed E-state index contributed by atoms with van der Waals surface area (Å²) in [6.07, 6.45) is 1.16. The van der Waals surface area contributed by atoms with Gasteiger partial charge in [0.25, 0.3) is 0 Å². The van der Waals surface area contributed by atoms with Gasteiger partial charge in [-0.3, -0.25) is 4.79 Å². The fourth-order valence-electron chi connectivity index (χ4n) is 2.45. The first-order valence-electron chi connectivity index (χ1n) is 5.26. The molecule has 0 aliphatic heterocycles. The van der Waals surface area contributed by atoms with Gasteiger partial charge in [-0.15, -0.1) is 0 Å². The van der Waals surface area contributed by atoms with E-state index in [0.29, 0.717) is 19.4 Å². The maximum Gasteiger partial charge on any atom is 0.407 e. The van der Waals surface area contributed by atoms with Crippen LogP contribution in [0.4, 0.5) is 4.79 Å². The van der Waals surface area contributed by atoms with E-state index in [4.69, 9.17) is 5.11 Å². The molecule has 0 aromatic heterocycles. The molecule has 1 aliphatic carbocycles. The van der Waals surface area contributed by atoms with E-state index in [1.807, 2.05) is 0 Å². The third-order valence-corrected chi connectivity index (χ3v) is 2.89. The monoisotopic (exact) mass is 213 g/mol. The third-order valence-electron chi connectivity index (χ3n) is 2.89. The van der Waals surface area contributed by atoms with Crippen LogP contribution in [0.5, 0.6) is 0 Å². The zero-order valence-corrected chi connectivity index (χ0v) is 9.62. The Labute approximate surface area is 90.3 Å². The third kappa shape index (κ3) is 3.53. The van der Waals surface area contributed by atoms with Crippen LogP contribution in [-0.4, -0.2) is 35.5 Å². The largest absolute Gasteiger partial charge is 0.465 e. The number of carboxylic acid groups (broad SMARTS) is 1. The Morgan fingerprint density at radius 2 is 2.20 bits per heavy atom. The van der Waals surface area contributed by atoms with Crippen molar-refractivity contribution in [3.05, 3.63) is 0 Å². The van der Waals surface area contributed by atoms with Gasteiger partial charge < -0.3 is 10.0 Å². The number of hydrogen-bond acceptors (Lipinski definition) is 2. The number of ketones is 1. The molecule has 1 atom stereocenters. The van der Waals surface area contributed by atoms with Gasteiger partial charge in [-0.1, -0.05) is 13.8 Å². The summed E-state index contributed by atoms with van der Waals surface area (Å²) in [4.78, 5) is 23.4. The van der Waals surface area contributed by atoms with Crippen LogP contribution >= 0.6 is 0 Å². The van der Waals surface area contributed by atoms with Crippen molar-refractivity contribution >= 4 is 11.9 Å². The molecule has 1 unspecified atom stereocenters. The molecular formula is C11H19NO3. The van der Waals surface area contributed by atoms with Crippen molar-refractivity contribution in [1.29, 1.82) is 0 Å². The molecule has 0 aromatic carbocycles. The van der Waals surface area contributed by atoms with Gasteiger partial charge in [0.15, 0.2) is 0 Å². The Morgan fingerprint density at radius 3 is 2.67 bits per heavy atom. The Morgan fingerprint density at radius 1 is 1.60 bits per heavy atom. The summed E-state index contributed by atoms with van der Waals surface area (Å²) in [7, 11) is 1.55. The molecule has 0 radical (unpaired) electrons. The van der Waals surface area contributed by atoms with Crippen LogP contribution in [0.2, 0.25) is 0 Å². The number of carbonyl (C=O) groups excluding carboxylic acids is 1. The summed E-state index contributed by atoms with van der Waals surface area (Å²) in [6.45, 7) is 4.60. The van der Waals surface area contributed by atoms with Crippen molar-refractivity contribution in [1.82, 2.24) is 4.90 Å². The van der Waals surface area contributed by atoms with Crippen molar-refractivity contribution in [2.24, 2.45) is 11.3 Å². The summed E-state index contributed by atoms with van der Waals surface area (Å²) in [6, 6.07) is 0. The van der Waals surface area contributed by atoms with E-state index in [1.165, 1.54) is 4.90 Å². The van der Waals surface area contributed by atoms with E-state index < -0.39 is 6.09 Å². The maximum atomic E-state index is 11.5. The molecule has 1 rings (SSSR count). The highest BCUT2D eigenvalue weighted by Crippen LogP contribution is 2.36. The molecule has 86 valence electrons. The Balaban J connectivity index is 2.56. The Bertz CT molecular complexity index is 273. The van der Waals surface area contributed by atoms with Crippen molar-refractivity contribution in [2.45, 2.75) is 33.1 Å². The number of carbonyl (C=O) groups is 2. The fourth-order valence-corrected chi connectivity index (χ4v) is 2.45. The molecular weight excluding hydrogens is 194 g/mol. The molecule has 0 heterocycles. The standard InChI is InChI=1S/C11H19NO3/c1-11(2)5-8(4-9(13)6-11)7-12(3)10(14)15/h8H,4-7H2,1-3H3,(H,14,15). The van der Waals surface area contributed by atoms with Gasteiger partial charge in [-0.25, -0.2) is 4.79 Å². The highest BCUT2D eigenvalue weighted by atomic mass is 16.4. The van der Waals surface area contributed by atoms with Gasteiger partial charge in [-0.05, 0) is 17.8 Å². The summed E-state index contributed by atoms with van der Waals surface area (Å²) in [5.74, 6) is 0.442. The Hall–Kier alpha value is -1.06. The van der Waals surface area contributed by atoms with E-state index in [-0.39, 0.29) is 17.1 Å². The lowest BCUT2D eigenvalue weighted by Crippen LogP contribution is -2.37. The van der Waals surface area contributed by atoms with Gasteiger partial charge in [0.2, 0.25) is 0 Å². The topological polar surface area (TPSA) is 57.6 Å². The van der Waals surface area contributed by atoms with Crippen molar-refractivity contribution < 1.29 is 14.7 Å². The average molecular weight is 213 g/mol. The highest BCUT2D eigenvalue weighted by Gasteiger charge is 2.33. The van der Waals surface area contributed by atoms with Crippen LogP contribution in [0, 0.1) is 11.3 Å². The smallest absolute Gasteiger partial charge is 0.407 e. The van der Waals surface area contributed by atoms with Gasteiger partial charge >= 0.3 is 6.09 Å². The Kier molecular flexibility index (Phi) is 3.37. The molecule has 15 heavy (non-hydrogen) atoms. The highest BCUT2D eigenvalue weighted by molar-refractivity contribution is 5.80. The molecule has 1 saturated carbocycles. The van der Waals surface area contributed by atoms with Crippen molar-refractivity contribution in [3.63, 3.8) is 0 Å². The summed E-state index contributed by atoms with van der Waals surface area (Å²) >= 11 is 0. The minimum Gasteiger partial charge on any atom is -0.465 e. The van der Waals surface area contributed by atoms with E-state index >= 15 is 0 Å². The van der Waals surface area contributed by atoms with Crippen LogP contribution in [0.3, 0.4) is 0 Å². The first-order valence-corrected chi connectivity index (χ1v) is 5.26. The molecule has 1 N–H and O–H groups in total. The zero-order valence-electron chi connectivity index (χ0n) is 9.62. The summed E-state index contributed by atoms with van der Waals surface area (Å²) in [5, 5.41) is 8.75. The minimum atomic E-state index is -0.925. The van der Waals surface area contributed by atoms with E-state index in [1.54, 1.807) is 7.05 Å². The molecule has 1 aliphatic rings. The maximum absolute atomic E-state index is 11.5. The number of nitrogens with zero attached hydrogens (tertiary/aromatic N) is 1. The summed E-state index contributed by atoms with van der Waals surface area (Å²) in [5.41, 5.74) is 0.0271. The first-order chi connectivity index (χ1) is 6.80. The SMILES string of the molecule is CN(CC1CC(=O)CC(C)(C)C1)C(=O)O. The van der Waals surface area contributed by atoms with Crippen LogP contribution in [0.1, 0.15) is 33.1 Å². The second-order valence-electron chi connectivity index (χ2n) is 5.32. The zero-order chi connectivity index (χ0) is 11.6. The lowest BCUT2D eigenvalue weighted by Gasteiger charge is -2.35. The lowest BCUT2D eigenvalue weighted by atomic mass is 9.71. The van der Waals surface area contributed by atoms with Gasteiger partial charge in [0.05, 0.1) is 0 Å². The summed E-state index contributed by atoms with van der Waals surface area (Å²) < 4.78 is 0. The first kappa shape index (κ1) is 12.0. The van der Waals surface area contributed by atoms with Crippen molar-refractivity contribution in [3.8, 4) is 0 Å². The molecule has 0 aromatic rings. The second-order valence-corrected chi connectivity index (χ2v) is 5.32. The second kappa shape index (κ2) is 4.21. The molecule has 1 amide bonds. The predicted octanol–water partition coefficient (Wildman–Crippen LogP) is 1.99. The average Bonchev–Trinajstić information content (AvgIpc) is 1.99. The molecule has 0 saturated heterocycles. The quantitative estimate of drug-likeness (QED) is 0.763. The number of hydrogen-bond donors (Lipinski definition) is 1. The van der Waals surface area contributed by atoms with Crippen LogP contribution in [0.25, 0.3) is 0 Å². The van der Waals surface area contributed by atoms with E-state index in [0.717, 1.165) is 6.42 Å². The molecule has 0 spiro atoms. The van der Waals surface area contributed by atoms with Crippen LogP contribution in [0.15, 0.2) is 0 Å². The predicted molar refractivity (Wildman–Crippen MR) is 56.8 cm³/mol. The molecule has 4 heteroatoms. The van der Waals surface area contributed by atoms with Crippen molar-refractivity contribution in [2.75, 3.05) is 13.6 Å². The molecule has 4 nitrogen and oxygen atoms in total. The lowest BCUT2D eigenvalue weighted by molar-refractivity contribution is -0.125. The van der Waals surface area contributed by atoms with Crippen LogP contribution < -0.4 is 0 Å². The molecule has 1 fully saturated rings. The number of amides is 1. The normalized spacial score (nSPS) is 25.0. The van der Waals surface area contributed by atoms with Gasteiger partial charge in [0.1, 0.15) is 5.78 Å². The minimum absolute atomic E-state index is 0.0271. The fraction of sp³-hybridized carbons (Fsp3) is 0.818. The van der Waals surface area contributed by atoms with Gasteiger partial charge in [0, 0.05) is 26.4 Å². The van der Waals surface area contributed by atoms with Crippen LogP contribution in [-0.2, 0) is 4.79 Å². The van der Waals surface area contributed by atoms with E-state index in [9.17, 15) is 9.59 Å².